The van der Waals surface area contributed by atoms with E-state index in [0.717, 1.165) is 32.7 Å². The number of Topliss-reactive ketones (excluding diaryl/α,β-unsaturated/α-hetero) is 1. The molecule has 9 heteroatoms. The molecule has 1 heterocycles. The average molecular weight is 624 g/mol. The summed E-state index contributed by atoms with van der Waals surface area (Å²) in [4.78, 5) is 14.1. The molecule has 0 spiro atoms. The Labute approximate surface area is 249 Å². The molecule has 2 atom stereocenters. The molecule has 2 unspecified atom stereocenters. The number of ketones is 1. The molecular formula is C32H35BrN2O6. The summed E-state index contributed by atoms with van der Waals surface area (Å²) < 4.78 is 29.3. The number of carbonyl (C=O) groups excluding carboxylic acids is 1. The van der Waals surface area contributed by atoms with E-state index >= 15 is 0 Å². The summed E-state index contributed by atoms with van der Waals surface area (Å²) in [7, 11) is 4.77. The lowest BCUT2D eigenvalue weighted by molar-refractivity contribution is -0.116. The summed E-state index contributed by atoms with van der Waals surface area (Å²) >= 11 is 3.69. The Bertz CT molecular complexity index is 1460. The minimum atomic E-state index is -0.402. The Morgan fingerprint density at radius 1 is 0.805 bits per heavy atom. The van der Waals surface area contributed by atoms with Crippen LogP contribution in [0.4, 0.5) is 11.4 Å². The molecule has 2 N–H and O–H groups in total. The Kier molecular flexibility index (Phi) is 8.63. The molecular weight excluding hydrogens is 588 g/mol. The highest BCUT2D eigenvalue weighted by Crippen LogP contribution is 2.48. The molecule has 0 saturated heterocycles. The Hall–Kier alpha value is -3.85. The SMILES string of the molecule is CCOc1cc(C2Nc3ccccc3NC3=C2C(=O)CC(c2cc(OC)c(OC)c(OC)c2)C3)cc(Br)c1OCC. The molecule has 0 bridgehead atoms. The fourth-order valence-electron chi connectivity index (χ4n) is 5.62. The number of nitrogens with one attached hydrogen (secondary N) is 2. The van der Waals surface area contributed by atoms with Crippen molar-refractivity contribution in [1.82, 2.24) is 0 Å². The maximum atomic E-state index is 14.1. The predicted octanol–water partition coefficient (Wildman–Crippen LogP) is 7.25. The van der Waals surface area contributed by atoms with Gasteiger partial charge in [-0.2, -0.15) is 0 Å². The van der Waals surface area contributed by atoms with Gasteiger partial charge in [-0.3, -0.25) is 4.79 Å². The van der Waals surface area contributed by atoms with Crippen molar-refractivity contribution in [3.05, 3.63) is 75.4 Å². The van der Waals surface area contributed by atoms with Crippen molar-refractivity contribution in [2.24, 2.45) is 0 Å². The van der Waals surface area contributed by atoms with Gasteiger partial charge in [0.25, 0.3) is 0 Å². The van der Waals surface area contributed by atoms with Crippen LogP contribution in [0.25, 0.3) is 0 Å². The zero-order valence-electron chi connectivity index (χ0n) is 23.9. The minimum absolute atomic E-state index is 0.0609. The van der Waals surface area contributed by atoms with Gasteiger partial charge in [0.1, 0.15) is 0 Å². The molecule has 1 aliphatic carbocycles. The molecule has 41 heavy (non-hydrogen) atoms. The molecule has 0 radical (unpaired) electrons. The Balaban J connectivity index is 1.62. The third kappa shape index (κ3) is 5.55. The number of rotatable bonds is 9. The molecule has 3 aromatic rings. The fraction of sp³-hybridized carbons (Fsp3) is 0.344. The maximum absolute atomic E-state index is 14.1. The second-order valence-corrected chi connectivity index (χ2v) is 10.7. The van der Waals surface area contributed by atoms with Crippen LogP contribution in [-0.2, 0) is 4.79 Å². The van der Waals surface area contributed by atoms with Crippen molar-refractivity contribution < 1.29 is 28.5 Å². The number of ether oxygens (including phenoxy) is 5. The van der Waals surface area contributed by atoms with Crippen molar-refractivity contribution in [3.8, 4) is 28.7 Å². The van der Waals surface area contributed by atoms with Gasteiger partial charge in [0.05, 0.1) is 56.4 Å². The van der Waals surface area contributed by atoms with Gasteiger partial charge in [-0.1, -0.05) is 12.1 Å². The Morgan fingerprint density at radius 3 is 2.10 bits per heavy atom. The number of methoxy groups -OCH3 is 3. The van der Waals surface area contributed by atoms with Crippen molar-refractivity contribution in [2.45, 2.75) is 38.6 Å². The van der Waals surface area contributed by atoms with Gasteiger partial charge < -0.3 is 34.3 Å². The van der Waals surface area contributed by atoms with E-state index in [9.17, 15) is 4.79 Å². The van der Waals surface area contributed by atoms with Gasteiger partial charge in [-0.15, -0.1) is 0 Å². The highest BCUT2D eigenvalue weighted by Gasteiger charge is 2.37. The Morgan fingerprint density at radius 2 is 1.46 bits per heavy atom. The van der Waals surface area contributed by atoms with Crippen LogP contribution >= 0.6 is 15.9 Å². The first kappa shape index (κ1) is 28.7. The van der Waals surface area contributed by atoms with E-state index in [1.807, 2.05) is 62.4 Å². The number of carbonyl (C=O) groups is 1. The van der Waals surface area contributed by atoms with Crippen LogP contribution in [0, 0.1) is 0 Å². The molecule has 0 saturated carbocycles. The lowest BCUT2D eigenvalue weighted by atomic mass is 9.78. The quantitative estimate of drug-likeness (QED) is 0.258. The molecule has 0 fully saturated rings. The van der Waals surface area contributed by atoms with Gasteiger partial charge in [-0.25, -0.2) is 0 Å². The van der Waals surface area contributed by atoms with E-state index in [0.29, 0.717) is 60.4 Å². The summed E-state index contributed by atoms with van der Waals surface area (Å²) in [5, 5.41) is 7.24. The third-order valence-corrected chi connectivity index (χ3v) is 8.01. The largest absolute Gasteiger partial charge is 0.493 e. The van der Waals surface area contributed by atoms with Crippen LogP contribution in [0.15, 0.2) is 64.3 Å². The van der Waals surface area contributed by atoms with Crippen LogP contribution in [0.5, 0.6) is 28.7 Å². The summed E-state index contributed by atoms with van der Waals surface area (Å²) in [6, 6.07) is 15.4. The number of hydrogen-bond donors (Lipinski definition) is 2. The molecule has 1 aliphatic heterocycles. The van der Waals surface area contributed by atoms with Gasteiger partial charge >= 0.3 is 0 Å². The summed E-state index contributed by atoms with van der Waals surface area (Å²) in [5.74, 6) is 2.91. The maximum Gasteiger partial charge on any atom is 0.203 e. The highest BCUT2D eigenvalue weighted by molar-refractivity contribution is 9.10. The van der Waals surface area contributed by atoms with Crippen LogP contribution in [0.1, 0.15) is 49.8 Å². The van der Waals surface area contributed by atoms with Crippen LogP contribution in [0.2, 0.25) is 0 Å². The average Bonchev–Trinajstić information content (AvgIpc) is 3.15. The van der Waals surface area contributed by atoms with E-state index in [1.165, 1.54) is 0 Å². The smallest absolute Gasteiger partial charge is 0.203 e. The number of allylic oxidation sites excluding steroid dienone is 1. The van der Waals surface area contributed by atoms with Crippen molar-refractivity contribution in [2.75, 3.05) is 45.2 Å². The molecule has 3 aromatic carbocycles. The van der Waals surface area contributed by atoms with Crippen LogP contribution in [0.3, 0.4) is 0 Å². The number of fused-ring (bicyclic) bond motifs is 1. The highest BCUT2D eigenvalue weighted by atomic mass is 79.9. The van der Waals surface area contributed by atoms with E-state index in [-0.39, 0.29) is 11.7 Å². The van der Waals surface area contributed by atoms with E-state index in [4.69, 9.17) is 23.7 Å². The number of hydrogen-bond acceptors (Lipinski definition) is 8. The van der Waals surface area contributed by atoms with Crippen molar-refractivity contribution in [3.63, 3.8) is 0 Å². The zero-order valence-corrected chi connectivity index (χ0v) is 25.5. The number of benzene rings is 3. The monoisotopic (exact) mass is 622 g/mol. The number of anilines is 2. The first-order valence-electron chi connectivity index (χ1n) is 13.7. The first-order chi connectivity index (χ1) is 19.9. The van der Waals surface area contributed by atoms with Gasteiger partial charge in [0, 0.05) is 17.7 Å². The van der Waals surface area contributed by atoms with E-state index in [1.54, 1.807) is 21.3 Å². The number of para-hydroxylation sites is 2. The van der Waals surface area contributed by atoms with E-state index in [2.05, 4.69) is 26.6 Å². The van der Waals surface area contributed by atoms with Crippen LogP contribution < -0.4 is 34.3 Å². The van der Waals surface area contributed by atoms with Gasteiger partial charge in [0.15, 0.2) is 28.8 Å². The zero-order chi connectivity index (χ0) is 29.1. The predicted molar refractivity (Wildman–Crippen MR) is 163 cm³/mol. The number of halogens is 1. The molecule has 216 valence electrons. The van der Waals surface area contributed by atoms with Gasteiger partial charge in [0.2, 0.25) is 5.75 Å². The molecule has 2 aliphatic rings. The standard InChI is InChI=1S/C32H35BrN2O6/c1-6-40-28-17-20(12-21(33)31(28)41-7-2)30-29-24(34-22-10-8-9-11-23(22)35-30)13-18(14-25(29)36)19-15-26(37-3)32(39-5)27(16-19)38-4/h8-12,15-18,30,34-35H,6-7,13-14H2,1-5H3. The topological polar surface area (TPSA) is 87.3 Å². The van der Waals surface area contributed by atoms with Gasteiger partial charge in [-0.05, 0) is 89.6 Å². The minimum Gasteiger partial charge on any atom is -0.493 e. The summed E-state index contributed by atoms with van der Waals surface area (Å²) in [6.07, 6.45) is 0.965. The molecule has 8 nitrogen and oxygen atoms in total. The summed E-state index contributed by atoms with van der Waals surface area (Å²) in [6.45, 7) is 4.87. The molecule has 0 amide bonds. The first-order valence-corrected chi connectivity index (χ1v) is 14.5. The molecule has 5 rings (SSSR count). The van der Waals surface area contributed by atoms with Crippen molar-refractivity contribution >= 4 is 33.1 Å². The summed E-state index contributed by atoms with van der Waals surface area (Å²) in [5.41, 5.74) is 5.26. The van der Waals surface area contributed by atoms with Crippen LogP contribution in [-0.4, -0.2) is 40.3 Å². The lowest BCUT2D eigenvalue weighted by Gasteiger charge is -2.30. The normalized spacial score (nSPS) is 17.9. The second kappa shape index (κ2) is 12.3. The second-order valence-electron chi connectivity index (χ2n) is 9.82. The third-order valence-electron chi connectivity index (χ3n) is 7.42. The van der Waals surface area contributed by atoms with Crippen molar-refractivity contribution in [1.29, 1.82) is 0 Å². The fourth-order valence-corrected chi connectivity index (χ4v) is 6.19. The van der Waals surface area contributed by atoms with E-state index < -0.39 is 6.04 Å². The lowest BCUT2D eigenvalue weighted by Crippen LogP contribution is -2.27. The molecule has 0 aromatic heterocycles.